The molecule has 1 unspecified atom stereocenters. The molecule has 17 heavy (non-hydrogen) atoms. The number of rotatable bonds is 1. The number of halogens is 2. The van der Waals surface area contributed by atoms with Crippen LogP contribution in [0.15, 0.2) is 18.2 Å². The van der Waals surface area contributed by atoms with Crippen molar-refractivity contribution in [3.63, 3.8) is 0 Å². The Morgan fingerprint density at radius 1 is 1.35 bits per heavy atom. The highest BCUT2D eigenvalue weighted by Crippen LogP contribution is 2.32. The number of benzene rings is 1. The van der Waals surface area contributed by atoms with Crippen molar-refractivity contribution in [2.24, 2.45) is 0 Å². The Morgan fingerprint density at radius 2 is 2.06 bits per heavy atom. The molecule has 5 heteroatoms. The Balaban J connectivity index is 2.32. The molecule has 0 bridgehead atoms. The van der Waals surface area contributed by atoms with Crippen molar-refractivity contribution in [1.29, 1.82) is 0 Å². The summed E-state index contributed by atoms with van der Waals surface area (Å²) in [5.41, 5.74) is -0.235. The first-order valence-corrected chi connectivity index (χ1v) is 5.30. The van der Waals surface area contributed by atoms with Crippen molar-refractivity contribution in [3.8, 4) is 0 Å². The molecule has 1 atom stereocenters. The highest BCUT2D eigenvalue weighted by atomic mass is 19.2. The molecule has 0 amide bonds. The maximum absolute atomic E-state index is 13.2. The van der Waals surface area contributed by atoms with Crippen LogP contribution in [-0.2, 0) is 9.53 Å². The minimum Gasteiger partial charge on any atom is -0.457 e. The molecular weight excluding hydrogens is 228 g/mol. The van der Waals surface area contributed by atoms with Crippen molar-refractivity contribution in [2.75, 3.05) is 6.54 Å². The Labute approximate surface area is 97.8 Å². The summed E-state index contributed by atoms with van der Waals surface area (Å²) in [7, 11) is 0. The van der Waals surface area contributed by atoms with Crippen LogP contribution in [0.25, 0.3) is 0 Å². The van der Waals surface area contributed by atoms with Gasteiger partial charge in [-0.3, -0.25) is 10.1 Å². The van der Waals surface area contributed by atoms with Crippen LogP contribution in [0.2, 0.25) is 0 Å². The first kappa shape index (κ1) is 12.0. The van der Waals surface area contributed by atoms with Crippen LogP contribution in [0.4, 0.5) is 8.78 Å². The van der Waals surface area contributed by atoms with Gasteiger partial charge in [-0.25, -0.2) is 8.78 Å². The molecule has 0 spiro atoms. The van der Waals surface area contributed by atoms with E-state index in [4.69, 9.17) is 4.74 Å². The van der Waals surface area contributed by atoms with Gasteiger partial charge in [-0.2, -0.15) is 0 Å². The summed E-state index contributed by atoms with van der Waals surface area (Å²) < 4.78 is 31.2. The number of carbonyl (C=O) groups excluding carboxylic acids is 1. The highest BCUT2D eigenvalue weighted by molar-refractivity contribution is 5.73. The number of carbonyl (C=O) groups is 1. The van der Waals surface area contributed by atoms with Gasteiger partial charge in [-0.1, -0.05) is 6.07 Å². The van der Waals surface area contributed by atoms with E-state index in [2.05, 4.69) is 5.32 Å². The van der Waals surface area contributed by atoms with Gasteiger partial charge in [0.05, 0.1) is 12.6 Å². The van der Waals surface area contributed by atoms with Crippen molar-refractivity contribution in [2.45, 2.75) is 25.5 Å². The van der Waals surface area contributed by atoms with Gasteiger partial charge in [-0.15, -0.1) is 0 Å². The van der Waals surface area contributed by atoms with Gasteiger partial charge < -0.3 is 4.74 Å². The first-order valence-electron chi connectivity index (χ1n) is 5.30. The lowest BCUT2D eigenvalue weighted by molar-refractivity contribution is -0.165. The van der Waals surface area contributed by atoms with Crippen LogP contribution >= 0.6 is 0 Å². The molecule has 1 saturated heterocycles. The summed E-state index contributed by atoms with van der Waals surface area (Å²) in [4.78, 5) is 11.2. The fourth-order valence-electron chi connectivity index (χ4n) is 2.03. The lowest BCUT2D eigenvalue weighted by Crippen LogP contribution is -2.50. The normalized spacial score (nSPS) is 23.3. The van der Waals surface area contributed by atoms with Gasteiger partial charge in [0.1, 0.15) is 5.60 Å². The van der Waals surface area contributed by atoms with Crippen molar-refractivity contribution in [3.05, 3.63) is 35.4 Å². The predicted molar refractivity (Wildman–Crippen MR) is 57.3 cm³/mol. The molecule has 0 aliphatic carbocycles. The average Bonchev–Trinajstić information content (AvgIpc) is 2.21. The number of esters is 1. The molecular formula is C12H13F2NO2. The second-order valence-electron chi connectivity index (χ2n) is 4.56. The Morgan fingerprint density at radius 3 is 2.65 bits per heavy atom. The third-order valence-corrected chi connectivity index (χ3v) is 2.80. The SMILES string of the molecule is CC1(C)OC(=O)CNC1c1ccc(F)c(F)c1. The largest absolute Gasteiger partial charge is 0.457 e. The van der Waals surface area contributed by atoms with Crippen LogP contribution in [-0.4, -0.2) is 18.1 Å². The fraction of sp³-hybridized carbons (Fsp3) is 0.417. The Hall–Kier alpha value is -1.49. The smallest absolute Gasteiger partial charge is 0.320 e. The molecule has 1 aromatic carbocycles. The van der Waals surface area contributed by atoms with E-state index in [1.165, 1.54) is 6.07 Å². The van der Waals surface area contributed by atoms with Crippen molar-refractivity contribution < 1.29 is 18.3 Å². The van der Waals surface area contributed by atoms with E-state index in [1.807, 2.05) is 0 Å². The second-order valence-corrected chi connectivity index (χ2v) is 4.56. The molecule has 1 aliphatic heterocycles. The highest BCUT2D eigenvalue weighted by Gasteiger charge is 2.38. The standard InChI is InChI=1S/C12H13F2NO2/c1-12(2)11(15-6-10(16)17-12)7-3-4-8(13)9(14)5-7/h3-5,11,15H,6H2,1-2H3. The lowest BCUT2D eigenvalue weighted by atomic mass is 9.90. The molecule has 3 nitrogen and oxygen atoms in total. The molecule has 0 radical (unpaired) electrons. The van der Waals surface area contributed by atoms with Crippen LogP contribution in [0.5, 0.6) is 0 Å². The van der Waals surface area contributed by atoms with Crippen LogP contribution in [0, 0.1) is 11.6 Å². The molecule has 1 heterocycles. The van der Waals surface area contributed by atoms with E-state index in [-0.39, 0.29) is 18.6 Å². The minimum absolute atomic E-state index is 0.0626. The summed E-state index contributed by atoms with van der Waals surface area (Å²) in [5.74, 6) is -2.15. The van der Waals surface area contributed by atoms with Crippen LogP contribution in [0.1, 0.15) is 25.5 Å². The van der Waals surface area contributed by atoms with E-state index >= 15 is 0 Å². The zero-order chi connectivity index (χ0) is 12.6. The van der Waals surface area contributed by atoms with Gasteiger partial charge in [0, 0.05) is 0 Å². The maximum Gasteiger partial charge on any atom is 0.320 e. The van der Waals surface area contributed by atoms with Gasteiger partial charge in [0.15, 0.2) is 11.6 Å². The average molecular weight is 241 g/mol. The third-order valence-electron chi connectivity index (χ3n) is 2.80. The van der Waals surface area contributed by atoms with Gasteiger partial charge in [-0.05, 0) is 31.5 Å². The molecule has 0 saturated carbocycles. The number of hydrogen-bond acceptors (Lipinski definition) is 3. The number of ether oxygens (including phenoxy) is 1. The summed E-state index contributed by atoms with van der Waals surface area (Å²) in [6, 6.07) is 3.32. The van der Waals surface area contributed by atoms with E-state index in [0.717, 1.165) is 12.1 Å². The van der Waals surface area contributed by atoms with Gasteiger partial charge >= 0.3 is 5.97 Å². The van der Waals surface area contributed by atoms with Gasteiger partial charge in [0.2, 0.25) is 0 Å². The van der Waals surface area contributed by atoms with E-state index in [9.17, 15) is 13.6 Å². The Kier molecular flexibility index (Phi) is 2.87. The van der Waals surface area contributed by atoms with Crippen molar-refractivity contribution >= 4 is 5.97 Å². The monoisotopic (exact) mass is 241 g/mol. The fourth-order valence-corrected chi connectivity index (χ4v) is 2.03. The zero-order valence-electron chi connectivity index (χ0n) is 9.59. The van der Waals surface area contributed by atoms with Crippen LogP contribution in [0.3, 0.4) is 0 Å². The maximum atomic E-state index is 13.2. The lowest BCUT2D eigenvalue weighted by Gasteiger charge is -2.38. The number of hydrogen-bond donors (Lipinski definition) is 1. The summed E-state index contributed by atoms with van der Waals surface area (Å²) in [6.45, 7) is 3.51. The number of cyclic esters (lactones) is 1. The third kappa shape index (κ3) is 2.29. The zero-order valence-corrected chi connectivity index (χ0v) is 9.59. The number of nitrogens with one attached hydrogen (secondary N) is 1. The molecule has 1 aromatic rings. The predicted octanol–water partition coefficient (Wildman–Crippen LogP) is 1.93. The summed E-state index contributed by atoms with van der Waals surface area (Å²) in [5, 5.41) is 2.96. The van der Waals surface area contributed by atoms with Crippen LogP contribution < -0.4 is 5.32 Å². The van der Waals surface area contributed by atoms with E-state index in [0.29, 0.717) is 5.56 Å². The molecule has 2 rings (SSSR count). The van der Waals surface area contributed by atoms with E-state index in [1.54, 1.807) is 13.8 Å². The summed E-state index contributed by atoms with van der Waals surface area (Å²) >= 11 is 0. The molecule has 1 aliphatic rings. The quantitative estimate of drug-likeness (QED) is 0.763. The van der Waals surface area contributed by atoms with E-state index < -0.39 is 17.2 Å². The Bertz CT molecular complexity index is 460. The summed E-state index contributed by atoms with van der Waals surface area (Å²) in [6.07, 6.45) is 0. The molecule has 0 aromatic heterocycles. The van der Waals surface area contributed by atoms with Crippen molar-refractivity contribution in [1.82, 2.24) is 5.32 Å². The molecule has 1 N–H and O–H groups in total. The number of morpholine rings is 1. The first-order chi connectivity index (χ1) is 7.90. The molecule has 1 fully saturated rings. The topological polar surface area (TPSA) is 38.3 Å². The second kappa shape index (κ2) is 4.07. The van der Waals surface area contributed by atoms with Gasteiger partial charge in [0.25, 0.3) is 0 Å². The molecule has 92 valence electrons. The minimum atomic E-state index is -0.906.